The number of benzene rings is 1. The molecule has 1 aromatic carbocycles. The molecule has 0 radical (unpaired) electrons. The molecule has 1 spiro atoms. The molecule has 41 heavy (non-hydrogen) atoms. The van der Waals surface area contributed by atoms with Gasteiger partial charge in [-0.2, -0.15) is 0 Å². The SMILES string of the molecule is CC(C)(C)OC(=O)NC1CC2(CCC(C(=O)Nc3ccc(-c4cc5c(N6CCOCC6)ncnc5[nH]4)cc3)CC2)C1. The molecule has 2 aliphatic carbocycles. The molecule has 10 nitrogen and oxygen atoms in total. The first-order valence-corrected chi connectivity index (χ1v) is 14.7. The summed E-state index contributed by atoms with van der Waals surface area (Å²) in [6, 6.07) is 10.2. The number of hydrogen-bond acceptors (Lipinski definition) is 7. The molecular weight excluding hydrogens is 520 g/mol. The second-order valence-electron chi connectivity index (χ2n) is 12.8. The summed E-state index contributed by atoms with van der Waals surface area (Å²) in [7, 11) is 0. The topological polar surface area (TPSA) is 121 Å². The van der Waals surface area contributed by atoms with Gasteiger partial charge in [-0.25, -0.2) is 14.8 Å². The van der Waals surface area contributed by atoms with E-state index in [9.17, 15) is 9.59 Å². The smallest absolute Gasteiger partial charge is 0.407 e. The minimum atomic E-state index is -0.490. The predicted octanol–water partition coefficient (Wildman–Crippen LogP) is 5.26. The number of aromatic amines is 1. The summed E-state index contributed by atoms with van der Waals surface area (Å²) in [5.41, 5.74) is 3.36. The number of H-pyrrole nitrogens is 1. The number of nitrogens with zero attached hydrogens (tertiary/aromatic N) is 3. The number of carbonyl (C=O) groups is 2. The van der Waals surface area contributed by atoms with E-state index in [2.05, 4.69) is 36.6 Å². The first-order chi connectivity index (χ1) is 19.7. The van der Waals surface area contributed by atoms with Gasteiger partial charge >= 0.3 is 6.09 Å². The van der Waals surface area contributed by atoms with Gasteiger partial charge in [0.25, 0.3) is 0 Å². The third kappa shape index (κ3) is 6.17. The molecule has 10 heteroatoms. The van der Waals surface area contributed by atoms with Crippen molar-refractivity contribution in [1.29, 1.82) is 0 Å². The van der Waals surface area contributed by atoms with Crippen LogP contribution in [0, 0.1) is 11.3 Å². The van der Waals surface area contributed by atoms with Crippen LogP contribution in [0.5, 0.6) is 0 Å². The number of rotatable bonds is 5. The molecule has 1 saturated heterocycles. The fourth-order valence-electron chi connectivity index (χ4n) is 6.55. The number of ether oxygens (including phenoxy) is 2. The zero-order valence-electron chi connectivity index (χ0n) is 24.2. The molecule has 0 atom stereocenters. The van der Waals surface area contributed by atoms with E-state index in [1.54, 1.807) is 6.33 Å². The van der Waals surface area contributed by atoms with Crippen molar-refractivity contribution in [2.45, 2.75) is 70.9 Å². The first-order valence-electron chi connectivity index (χ1n) is 14.7. The monoisotopic (exact) mass is 560 g/mol. The quantitative estimate of drug-likeness (QED) is 0.389. The van der Waals surface area contributed by atoms with Crippen molar-refractivity contribution >= 4 is 34.5 Å². The van der Waals surface area contributed by atoms with Crippen LogP contribution in [0.2, 0.25) is 0 Å². The average Bonchev–Trinajstić information content (AvgIpc) is 3.37. The van der Waals surface area contributed by atoms with E-state index in [-0.39, 0.29) is 29.4 Å². The third-order valence-electron chi connectivity index (χ3n) is 8.68. The minimum Gasteiger partial charge on any atom is -0.444 e. The van der Waals surface area contributed by atoms with Crippen LogP contribution in [0.15, 0.2) is 36.7 Å². The van der Waals surface area contributed by atoms with Crippen LogP contribution >= 0.6 is 0 Å². The fraction of sp³-hybridized carbons (Fsp3) is 0.548. The number of anilines is 2. The number of morpholine rings is 1. The van der Waals surface area contributed by atoms with Gasteiger partial charge in [-0.3, -0.25) is 4.79 Å². The zero-order valence-corrected chi connectivity index (χ0v) is 24.2. The minimum absolute atomic E-state index is 0.0176. The van der Waals surface area contributed by atoms with Crippen molar-refractivity contribution in [2.75, 3.05) is 36.5 Å². The second-order valence-corrected chi connectivity index (χ2v) is 12.8. The molecule has 3 fully saturated rings. The maximum atomic E-state index is 13.1. The largest absolute Gasteiger partial charge is 0.444 e. The van der Waals surface area contributed by atoms with Gasteiger partial charge in [-0.15, -0.1) is 0 Å². The van der Waals surface area contributed by atoms with Crippen molar-refractivity contribution in [3.8, 4) is 11.3 Å². The Hall–Kier alpha value is -3.66. The van der Waals surface area contributed by atoms with Gasteiger partial charge in [-0.05, 0) is 88.5 Å². The summed E-state index contributed by atoms with van der Waals surface area (Å²) in [4.78, 5) is 39.8. The fourth-order valence-corrected chi connectivity index (χ4v) is 6.55. The van der Waals surface area contributed by atoms with Gasteiger partial charge in [0.15, 0.2) is 0 Å². The summed E-state index contributed by atoms with van der Waals surface area (Å²) in [5, 5.41) is 7.12. The number of hydrogen-bond donors (Lipinski definition) is 3. The lowest BCUT2D eigenvalue weighted by Gasteiger charge is -2.51. The molecule has 3 aromatic rings. The van der Waals surface area contributed by atoms with E-state index in [1.165, 1.54) is 0 Å². The second kappa shape index (κ2) is 11.0. The normalized spacial score (nSPS) is 24.6. The molecular formula is C31H40N6O4. The van der Waals surface area contributed by atoms with E-state index in [0.717, 1.165) is 85.4 Å². The predicted molar refractivity (Wildman–Crippen MR) is 158 cm³/mol. The van der Waals surface area contributed by atoms with E-state index in [0.29, 0.717) is 13.2 Å². The van der Waals surface area contributed by atoms with Gasteiger partial charge in [0, 0.05) is 36.4 Å². The van der Waals surface area contributed by atoms with E-state index in [4.69, 9.17) is 9.47 Å². The first kappa shape index (κ1) is 27.5. The Bertz CT molecular complexity index is 1390. The van der Waals surface area contributed by atoms with Gasteiger partial charge in [0.1, 0.15) is 23.4 Å². The van der Waals surface area contributed by atoms with Crippen LogP contribution in [0.3, 0.4) is 0 Å². The summed E-state index contributed by atoms with van der Waals surface area (Å²) >= 11 is 0. The van der Waals surface area contributed by atoms with Crippen LogP contribution < -0.4 is 15.5 Å². The molecule has 2 aromatic heterocycles. The van der Waals surface area contributed by atoms with Crippen LogP contribution in [0.25, 0.3) is 22.3 Å². The third-order valence-corrected chi connectivity index (χ3v) is 8.68. The standard InChI is InChI=1S/C31H40N6O4/c1-30(2,3)41-29(39)35-23-17-31(18-23)10-8-21(9-11-31)28(38)34-22-6-4-20(5-7-22)25-16-24-26(36-25)32-19-33-27(24)37-12-14-40-15-13-37/h4-7,16,19,21,23H,8-15,17-18H2,1-3H3,(H,34,38)(H,35,39)(H,32,33,36). The van der Waals surface area contributed by atoms with Crippen LogP contribution in [-0.2, 0) is 14.3 Å². The number of carbonyl (C=O) groups excluding carboxylic acids is 2. The lowest BCUT2D eigenvalue weighted by Crippen LogP contribution is -2.53. The number of amides is 2. The van der Waals surface area contributed by atoms with Crippen LogP contribution in [-0.4, -0.2) is 64.9 Å². The van der Waals surface area contributed by atoms with Crippen LogP contribution in [0.4, 0.5) is 16.3 Å². The van der Waals surface area contributed by atoms with Crippen molar-refractivity contribution in [3.63, 3.8) is 0 Å². The van der Waals surface area contributed by atoms with E-state index in [1.807, 2.05) is 45.0 Å². The summed E-state index contributed by atoms with van der Waals surface area (Å²) in [5.74, 6) is 1.03. The van der Waals surface area contributed by atoms with Crippen molar-refractivity contribution in [3.05, 3.63) is 36.7 Å². The Morgan fingerprint density at radius 1 is 1.07 bits per heavy atom. The Kier molecular flexibility index (Phi) is 7.36. The Morgan fingerprint density at radius 2 is 1.78 bits per heavy atom. The highest BCUT2D eigenvalue weighted by Crippen LogP contribution is 2.53. The highest BCUT2D eigenvalue weighted by molar-refractivity contribution is 5.94. The summed E-state index contributed by atoms with van der Waals surface area (Å²) in [6.45, 7) is 8.64. The van der Waals surface area contributed by atoms with Crippen molar-refractivity contribution in [1.82, 2.24) is 20.3 Å². The molecule has 2 amide bonds. The summed E-state index contributed by atoms with van der Waals surface area (Å²) in [6.07, 6.45) is 6.99. The molecule has 3 N–H and O–H groups in total. The zero-order chi connectivity index (χ0) is 28.6. The molecule has 3 heterocycles. The van der Waals surface area contributed by atoms with Crippen molar-refractivity contribution in [2.24, 2.45) is 11.3 Å². The van der Waals surface area contributed by atoms with Gasteiger partial charge in [-0.1, -0.05) is 12.1 Å². The lowest BCUT2D eigenvalue weighted by atomic mass is 9.57. The highest BCUT2D eigenvalue weighted by atomic mass is 16.6. The molecule has 1 aliphatic heterocycles. The maximum absolute atomic E-state index is 13.1. The maximum Gasteiger partial charge on any atom is 0.407 e. The Morgan fingerprint density at radius 3 is 2.46 bits per heavy atom. The van der Waals surface area contributed by atoms with Crippen LogP contribution in [0.1, 0.15) is 59.3 Å². The number of nitrogens with one attached hydrogen (secondary N) is 3. The van der Waals surface area contributed by atoms with Crippen molar-refractivity contribution < 1.29 is 19.1 Å². The molecule has 0 bridgehead atoms. The number of aromatic nitrogens is 3. The van der Waals surface area contributed by atoms with Gasteiger partial charge in [0.05, 0.1) is 18.6 Å². The Balaban J connectivity index is 1.01. The molecule has 6 rings (SSSR count). The number of alkyl carbamates (subject to hydrolysis) is 1. The number of fused-ring (bicyclic) bond motifs is 1. The van der Waals surface area contributed by atoms with E-state index < -0.39 is 5.60 Å². The highest BCUT2D eigenvalue weighted by Gasteiger charge is 2.47. The lowest BCUT2D eigenvalue weighted by molar-refractivity contribution is -0.122. The van der Waals surface area contributed by atoms with Gasteiger partial charge in [0.2, 0.25) is 5.91 Å². The average molecular weight is 561 g/mol. The molecule has 0 unspecified atom stereocenters. The Labute approximate surface area is 240 Å². The van der Waals surface area contributed by atoms with E-state index >= 15 is 0 Å². The summed E-state index contributed by atoms with van der Waals surface area (Å²) < 4.78 is 10.9. The molecule has 218 valence electrons. The molecule has 2 saturated carbocycles. The van der Waals surface area contributed by atoms with Gasteiger partial charge < -0.3 is 30.0 Å². The molecule has 3 aliphatic rings.